The van der Waals surface area contributed by atoms with E-state index in [1.807, 2.05) is 11.7 Å². The summed E-state index contributed by atoms with van der Waals surface area (Å²) in [4.78, 5) is 4.64. The molecule has 0 unspecified atom stereocenters. The van der Waals surface area contributed by atoms with Crippen molar-refractivity contribution >= 4 is 0 Å². The number of halogens is 1. The second-order valence-electron chi connectivity index (χ2n) is 6.65. The van der Waals surface area contributed by atoms with Crippen LogP contribution in [0, 0.1) is 5.82 Å². The third-order valence-electron chi connectivity index (χ3n) is 4.72. The number of nitrogens with zero attached hydrogens (tertiary/aromatic N) is 5. The predicted octanol–water partition coefficient (Wildman–Crippen LogP) is 2.27. The van der Waals surface area contributed by atoms with Crippen LogP contribution in [-0.2, 0) is 33.0 Å². The lowest BCUT2D eigenvalue weighted by atomic mass is 9.95. The number of fused-ring (bicyclic) bond motifs is 1. The Morgan fingerprint density at radius 1 is 1.22 bits per heavy atom. The average Bonchev–Trinajstić information content (AvgIpc) is 3.20. The van der Waals surface area contributed by atoms with E-state index in [0.29, 0.717) is 23.9 Å². The van der Waals surface area contributed by atoms with E-state index < -0.39 is 0 Å². The van der Waals surface area contributed by atoms with Crippen LogP contribution in [0.5, 0.6) is 5.75 Å². The van der Waals surface area contributed by atoms with Gasteiger partial charge in [-0.15, -0.1) is 0 Å². The molecule has 2 heterocycles. The zero-order valence-corrected chi connectivity index (χ0v) is 15.2. The summed E-state index contributed by atoms with van der Waals surface area (Å²) >= 11 is 0. The first kappa shape index (κ1) is 17.7. The molecule has 1 aliphatic carbocycles. The minimum atomic E-state index is -0.353. The first-order valence-electron chi connectivity index (χ1n) is 9.14. The Labute approximate surface area is 156 Å². The normalized spacial score (nSPS) is 13.6. The van der Waals surface area contributed by atoms with E-state index in [2.05, 4.69) is 15.2 Å². The Morgan fingerprint density at radius 3 is 2.89 bits per heavy atom. The van der Waals surface area contributed by atoms with Crippen molar-refractivity contribution in [1.29, 1.82) is 0 Å². The molecule has 0 fully saturated rings. The number of hydrogen-bond donors (Lipinski definition) is 1. The van der Waals surface area contributed by atoms with Gasteiger partial charge in [0.2, 0.25) is 0 Å². The van der Waals surface area contributed by atoms with Gasteiger partial charge in [-0.1, -0.05) is 6.07 Å². The Kier molecular flexibility index (Phi) is 4.89. The molecule has 3 aromatic rings. The van der Waals surface area contributed by atoms with E-state index in [1.54, 1.807) is 16.8 Å². The Bertz CT molecular complexity index is 950. The fourth-order valence-electron chi connectivity index (χ4n) is 3.54. The number of rotatable bonds is 6. The molecule has 0 saturated heterocycles. The summed E-state index contributed by atoms with van der Waals surface area (Å²) in [7, 11) is 1.91. The van der Waals surface area contributed by atoms with Gasteiger partial charge in [-0.25, -0.2) is 14.1 Å². The van der Waals surface area contributed by atoms with Crippen LogP contribution in [0.25, 0.3) is 11.5 Å². The number of benzene rings is 1. The standard InChI is InChI=1S/C19H22FN5O2/c1-24-18(15-7-2-3-8-16(15)22-24)19-21-17(23-25(19)9-10-26)12-27-14-6-4-5-13(20)11-14/h4-6,11,26H,2-3,7-10,12H2,1H3. The first-order chi connectivity index (χ1) is 13.2. The fourth-order valence-corrected chi connectivity index (χ4v) is 3.54. The van der Waals surface area contributed by atoms with Crippen molar-refractivity contribution in [1.82, 2.24) is 24.5 Å². The number of aryl methyl sites for hydroxylation is 2. The minimum Gasteiger partial charge on any atom is -0.485 e. The summed E-state index contributed by atoms with van der Waals surface area (Å²) in [5, 5.41) is 18.5. The molecular weight excluding hydrogens is 349 g/mol. The van der Waals surface area contributed by atoms with Gasteiger partial charge in [0.15, 0.2) is 11.6 Å². The molecule has 7 nitrogen and oxygen atoms in total. The van der Waals surface area contributed by atoms with Crippen LogP contribution >= 0.6 is 0 Å². The molecule has 27 heavy (non-hydrogen) atoms. The molecular formula is C19H22FN5O2. The van der Waals surface area contributed by atoms with Gasteiger partial charge in [0.1, 0.15) is 23.9 Å². The van der Waals surface area contributed by atoms with Crippen molar-refractivity contribution in [2.45, 2.75) is 38.8 Å². The monoisotopic (exact) mass is 371 g/mol. The maximum Gasteiger partial charge on any atom is 0.188 e. The van der Waals surface area contributed by atoms with Gasteiger partial charge >= 0.3 is 0 Å². The molecule has 1 aromatic carbocycles. The number of ether oxygens (including phenoxy) is 1. The summed E-state index contributed by atoms with van der Waals surface area (Å²) in [5.74, 6) is 1.23. The van der Waals surface area contributed by atoms with E-state index in [0.717, 1.165) is 37.1 Å². The average molecular weight is 371 g/mol. The largest absolute Gasteiger partial charge is 0.485 e. The van der Waals surface area contributed by atoms with Gasteiger partial charge in [0.25, 0.3) is 0 Å². The second-order valence-corrected chi connectivity index (χ2v) is 6.65. The topological polar surface area (TPSA) is 78.0 Å². The van der Waals surface area contributed by atoms with Gasteiger partial charge in [-0.2, -0.15) is 10.2 Å². The van der Waals surface area contributed by atoms with Crippen LogP contribution in [0.1, 0.15) is 29.9 Å². The second kappa shape index (κ2) is 7.48. The summed E-state index contributed by atoms with van der Waals surface area (Å²) in [5.41, 5.74) is 3.28. The lowest BCUT2D eigenvalue weighted by Crippen LogP contribution is -2.09. The Morgan fingerprint density at radius 2 is 2.07 bits per heavy atom. The Balaban J connectivity index is 1.64. The van der Waals surface area contributed by atoms with Crippen LogP contribution in [0.4, 0.5) is 4.39 Å². The smallest absolute Gasteiger partial charge is 0.188 e. The van der Waals surface area contributed by atoms with Crippen LogP contribution in [0.15, 0.2) is 24.3 Å². The van der Waals surface area contributed by atoms with E-state index >= 15 is 0 Å². The highest BCUT2D eigenvalue weighted by atomic mass is 19.1. The minimum absolute atomic E-state index is 0.0411. The number of aliphatic hydroxyl groups is 1. The SMILES string of the molecule is Cn1nc2c(c1-c1nc(COc3cccc(F)c3)nn1CCO)CCCC2. The molecule has 142 valence electrons. The van der Waals surface area contributed by atoms with E-state index in [9.17, 15) is 9.50 Å². The van der Waals surface area contributed by atoms with Crippen molar-refractivity contribution in [2.75, 3.05) is 6.61 Å². The quantitative estimate of drug-likeness (QED) is 0.719. The number of aliphatic hydroxyl groups excluding tert-OH is 1. The van der Waals surface area contributed by atoms with Crippen LogP contribution in [-0.4, -0.2) is 36.3 Å². The number of hydrogen-bond acceptors (Lipinski definition) is 5. The molecule has 0 atom stereocenters. The van der Waals surface area contributed by atoms with Gasteiger partial charge in [-0.05, 0) is 37.8 Å². The molecule has 0 spiro atoms. The zero-order chi connectivity index (χ0) is 18.8. The molecule has 0 saturated carbocycles. The first-order valence-corrected chi connectivity index (χ1v) is 9.14. The van der Waals surface area contributed by atoms with E-state index in [4.69, 9.17) is 4.74 Å². The summed E-state index contributed by atoms with van der Waals surface area (Å²) in [6, 6.07) is 5.97. The van der Waals surface area contributed by atoms with Crippen molar-refractivity contribution < 1.29 is 14.2 Å². The lowest BCUT2D eigenvalue weighted by Gasteiger charge is -2.11. The zero-order valence-electron chi connectivity index (χ0n) is 15.2. The molecule has 0 bridgehead atoms. The van der Waals surface area contributed by atoms with Gasteiger partial charge in [0, 0.05) is 18.7 Å². The van der Waals surface area contributed by atoms with Gasteiger partial charge in [-0.3, -0.25) is 4.68 Å². The molecule has 4 rings (SSSR count). The third kappa shape index (κ3) is 3.57. The van der Waals surface area contributed by atoms with E-state index in [-0.39, 0.29) is 19.0 Å². The van der Waals surface area contributed by atoms with Crippen molar-refractivity contribution in [3.05, 3.63) is 47.2 Å². The molecule has 0 amide bonds. The summed E-state index contributed by atoms with van der Waals surface area (Å²) in [6.45, 7) is 0.414. The third-order valence-corrected chi connectivity index (χ3v) is 4.72. The Hall–Kier alpha value is -2.74. The highest BCUT2D eigenvalue weighted by molar-refractivity contribution is 5.58. The van der Waals surface area contributed by atoms with E-state index in [1.165, 1.54) is 17.7 Å². The molecule has 2 aromatic heterocycles. The van der Waals surface area contributed by atoms with Crippen molar-refractivity contribution in [2.24, 2.45) is 7.05 Å². The molecule has 1 aliphatic rings. The summed E-state index contributed by atoms with van der Waals surface area (Å²) in [6.07, 6.45) is 4.24. The maximum absolute atomic E-state index is 13.3. The van der Waals surface area contributed by atoms with Gasteiger partial charge < -0.3 is 9.84 Å². The molecule has 8 heteroatoms. The lowest BCUT2D eigenvalue weighted by molar-refractivity contribution is 0.266. The van der Waals surface area contributed by atoms with Gasteiger partial charge in [0.05, 0.1) is 18.8 Å². The van der Waals surface area contributed by atoms with Crippen LogP contribution in [0.2, 0.25) is 0 Å². The molecule has 0 aliphatic heterocycles. The number of aromatic nitrogens is 5. The molecule has 1 N–H and O–H groups in total. The molecule has 0 radical (unpaired) electrons. The summed E-state index contributed by atoms with van der Waals surface area (Å²) < 4.78 is 22.5. The van der Waals surface area contributed by atoms with Crippen molar-refractivity contribution in [3.8, 4) is 17.3 Å². The van der Waals surface area contributed by atoms with Crippen LogP contribution < -0.4 is 4.74 Å². The maximum atomic E-state index is 13.3. The highest BCUT2D eigenvalue weighted by Crippen LogP contribution is 2.30. The predicted molar refractivity (Wildman–Crippen MR) is 96.7 cm³/mol. The van der Waals surface area contributed by atoms with Crippen LogP contribution in [0.3, 0.4) is 0 Å². The highest BCUT2D eigenvalue weighted by Gasteiger charge is 2.24. The van der Waals surface area contributed by atoms with Crippen molar-refractivity contribution in [3.63, 3.8) is 0 Å². The fraction of sp³-hybridized carbons (Fsp3) is 0.421.